The van der Waals surface area contributed by atoms with E-state index in [2.05, 4.69) is 46.1 Å². The molecule has 2 aromatic rings. The van der Waals surface area contributed by atoms with E-state index in [1.807, 2.05) is 12.4 Å². The van der Waals surface area contributed by atoms with Crippen LogP contribution in [0, 0.1) is 11.8 Å². The van der Waals surface area contributed by atoms with E-state index in [-0.39, 0.29) is 5.92 Å². The fraction of sp³-hybridized carbons (Fsp3) is 0.560. The Balaban J connectivity index is 1.21. The molecule has 1 aromatic heterocycles. The Morgan fingerprint density at radius 2 is 1.67 bits per heavy atom. The van der Waals surface area contributed by atoms with Crippen LogP contribution < -0.4 is 9.64 Å². The number of nitrogens with zero attached hydrogens (tertiary/aromatic N) is 3. The van der Waals surface area contributed by atoms with Crippen LogP contribution in [0.2, 0.25) is 0 Å². The molecule has 0 amide bonds. The lowest BCUT2D eigenvalue weighted by atomic mass is 9.79. The number of piperidine rings is 1. The molecule has 1 aliphatic carbocycles. The van der Waals surface area contributed by atoms with E-state index in [4.69, 9.17) is 4.74 Å². The van der Waals surface area contributed by atoms with Crippen LogP contribution in [0.25, 0.3) is 0 Å². The second kappa shape index (κ2) is 10.1. The molecule has 0 N–H and O–H groups in total. The summed E-state index contributed by atoms with van der Waals surface area (Å²) in [5.41, 5.74) is 2.57. The molecule has 0 bridgehead atoms. The minimum absolute atomic E-state index is 0.275. The highest BCUT2D eigenvalue weighted by Gasteiger charge is 2.23. The zero-order valence-electron chi connectivity index (χ0n) is 18.0. The van der Waals surface area contributed by atoms with Gasteiger partial charge in [0.15, 0.2) is 0 Å². The summed E-state index contributed by atoms with van der Waals surface area (Å²) in [5.74, 6) is 3.26. The average Bonchev–Trinajstić information content (AvgIpc) is 2.83. The maximum atomic E-state index is 10.9. The third kappa shape index (κ3) is 5.18. The van der Waals surface area contributed by atoms with Crippen LogP contribution in [0.3, 0.4) is 0 Å². The Bertz CT molecular complexity index is 790. The second-order valence-electron chi connectivity index (χ2n) is 8.80. The van der Waals surface area contributed by atoms with Gasteiger partial charge in [0.25, 0.3) is 0 Å². The van der Waals surface area contributed by atoms with Gasteiger partial charge < -0.3 is 14.4 Å². The molecule has 2 fully saturated rings. The molecule has 5 nitrogen and oxygen atoms in total. The number of rotatable bonds is 7. The number of hydrogen-bond acceptors (Lipinski definition) is 5. The van der Waals surface area contributed by atoms with E-state index in [0.29, 0.717) is 11.8 Å². The lowest BCUT2D eigenvalue weighted by Gasteiger charge is -2.31. The highest BCUT2D eigenvalue weighted by molar-refractivity contribution is 5.53. The van der Waals surface area contributed by atoms with E-state index >= 15 is 0 Å². The topological polar surface area (TPSA) is 55.3 Å². The van der Waals surface area contributed by atoms with Crippen molar-refractivity contribution in [1.29, 1.82) is 0 Å². The van der Waals surface area contributed by atoms with Gasteiger partial charge in [-0.25, -0.2) is 9.97 Å². The molecular formula is C25H33N3O2. The van der Waals surface area contributed by atoms with Crippen molar-refractivity contribution in [3.8, 4) is 5.75 Å². The first-order valence-electron chi connectivity index (χ1n) is 11.5. The first kappa shape index (κ1) is 20.8. The quantitative estimate of drug-likeness (QED) is 0.617. The Kier molecular flexibility index (Phi) is 6.98. The first-order chi connectivity index (χ1) is 14.7. The zero-order valence-corrected chi connectivity index (χ0v) is 18.0. The Morgan fingerprint density at radius 1 is 1.00 bits per heavy atom. The smallest absolute Gasteiger partial charge is 0.225 e. The van der Waals surface area contributed by atoms with Crippen molar-refractivity contribution in [1.82, 2.24) is 9.97 Å². The van der Waals surface area contributed by atoms with E-state index in [9.17, 15) is 4.79 Å². The zero-order chi connectivity index (χ0) is 20.8. The van der Waals surface area contributed by atoms with Crippen LogP contribution in [-0.4, -0.2) is 36.0 Å². The van der Waals surface area contributed by atoms with Gasteiger partial charge in [0, 0.05) is 31.4 Å². The van der Waals surface area contributed by atoms with Gasteiger partial charge in [-0.3, -0.25) is 0 Å². The number of ether oxygens (including phenoxy) is 1. The van der Waals surface area contributed by atoms with Crippen LogP contribution >= 0.6 is 0 Å². The van der Waals surface area contributed by atoms with Gasteiger partial charge in [0.1, 0.15) is 12.0 Å². The van der Waals surface area contributed by atoms with Crippen LogP contribution in [-0.2, 0) is 11.2 Å². The Morgan fingerprint density at radius 3 is 2.27 bits per heavy atom. The van der Waals surface area contributed by atoms with Crippen LogP contribution in [0.5, 0.6) is 5.75 Å². The molecule has 30 heavy (non-hydrogen) atoms. The molecular weight excluding hydrogens is 374 g/mol. The van der Waals surface area contributed by atoms with Gasteiger partial charge >= 0.3 is 0 Å². The third-order valence-electron chi connectivity index (χ3n) is 6.80. The summed E-state index contributed by atoms with van der Waals surface area (Å²) in [5, 5.41) is 0. The molecule has 1 saturated carbocycles. The second-order valence-corrected chi connectivity index (χ2v) is 8.80. The van der Waals surface area contributed by atoms with E-state index in [1.165, 1.54) is 11.1 Å². The highest BCUT2D eigenvalue weighted by Crippen LogP contribution is 2.35. The summed E-state index contributed by atoms with van der Waals surface area (Å²) in [6.45, 7) is 4.87. The molecule has 0 atom stereocenters. The van der Waals surface area contributed by atoms with Gasteiger partial charge in [0.2, 0.25) is 5.95 Å². The van der Waals surface area contributed by atoms with Crippen molar-refractivity contribution in [2.45, 2.75) is 57.8 Å². The molecule has 1 saturated heterocycles. The molecule has 0 spiro atoms. The molecule has 2 heterocycles. The highest BCUT2D eigenvalue weighted by atomic mass is 16.5. The Labute approximate surface area is 179 Å². The lowest BCUT2D eigenvalue weighted by molar-refractivity contribution is -0.111. The predicted molar refractivity (Wildman–Crippen MR) is 119 cm³/mol. The summed E-state index contributed by atoms with van der Waals surface area (Å²) in [6.07, 6.45) is 12.5. The molecule has 1 aliphatic heterocycles. The van der Waals surface area contributed by atoms with Crippen molar-refractivity contribution >= 4 is 12.2 Å². The van der Waals surface area contributed by atoms with Crippen molar-refractivity contribution in [3.05, 3.63) is 47.8 Å². The average molecular weight is 408 g/mol. The number of aromatic nitrogens is 2. The van der Waals surface area contributed by atoms with Gasteiger partial charge in [-0.2, -0.15) is 0 Å². The van der Waals surface area contributed by atoms with Gasteiger partial charge in [-0.05, 0) is 80.0 Å². The summed E-state index contributed by atoms with van der Waals surface area (Å²) >= 11 is 0. The number of benzene rings is 1. The third-order valence-corrected chi connectivity index (χ3v) is 6.80. The fourth-order valence-corrected chi connectivity index (χ4v) is 4.63. The molecule has 0 unspecified atom stereocenters. The van der Waals surface area contributed by atoms with Crippen molar-refractivity contribution in [3.63, 3.8) is 0 Å². The monoisotopic (exact) mass is 407 g/mol. The molecule has 4 rings (SSSR count). The van der Waals surface area contributed by atoms with Crippen LogP contribution in [0.4, 0.5) is 5.95 Å². The lowest BCUT2D eigenvalue weighted by Crippen LogP contribution is -2.36. The maximum Gasteiger partial charge on any atom is 0.225 e. The van der Waals surface area contributed by atoms with Gasteiger partial charge in [-0.1, -0.05) is 19.1 Å². The predicted octanol–water partition coefficient (Wildman–Crippen LogP) is 4.81. The number of carbonyl (C=O) groups excluding carboxylic acids is 1. The molecule has 160 valence electrons. The minimum Gasteiger partial charge on any atom is -0.493 e. The van der Waals surface area contributed by atoms with Gasteiger partial charge in [-0.15, -0.1) is 0 Å². The van der Waals surface area contributed by atoms with Gasteiger partial charge in [0.05, 0.1) is 6.61 Å². The number of aryl methyl sites for hydroxylation is 1. The number of anilines is 1. The van der Waals surface area contributed by atoms with E-state index in [1.54, 1.807) is 0 Å². The largest absolute Gasteiger partial charge is 0.493 e. The number of aldehydes is 1. The van der Waals surface area contributed by atoms with E-state index < -0.39 is 0 Å². The molecule has 2 aliphatic rings. The summed E-state index contributed by atoms with van der Waals surface area (Å²) < 4.78 is 6.10. The fourth-order valence-electron chi connectivity index (χ4n) is 4.63. The van der Waals surface area contributed by atoms with Crippen molar-refractivity contribution in [2.24, 2.45) is 11.8 Å². The SMILES string of the molecule is CCc1cnc(N2CCC(COc3ccc(C4CCC(C=O)CC4)cc3)CC2)nc1. The van der Waals surface area contributed by atoms with Crippen molar-refractivity contribution in [2.75, 3.05) is 24.6 Å². The summed E-state index contributed by atoms with van der Waals surface area (Å²) in [6, 6.07) is 8.64. The standard InChI is InChI=1S/C25H33N3O2/c1-2-19-15-26-25(27-16-19)28-13-11-21(12-14-28)18-30-24-9-7-23(8-10-24)22-5-3-20(17-29)4-6-22/h7-10,15-17,20-22H,2-6,11-14,18H2,1H3. The number of carbonyl (C=O) groups is 1. The first-order valence-corrected chi connectivity index (χ1v) is 11.5. The van der Waals surface area contributed by atoms with Crippen LogP contribution in [0.1, 0.15) is 62.5 Å². The normalized spacial score (nSPS) is 22.6. The summed E-state index contributed by atoms with van der Waals surface area (Å²) in [4.78, 5) is 22.2. The number of hydrogen-bond donors (Lipinski definition) is 0. The molecule has 5 heteroatoms. The van der Waals surface area contributed by atoms with E-state index in [0.717, 1.165) is 82.6 Å². The maximum absolute atomic E-state index is 10.9. The Hall–Kier alpha value is -2.43. The molecule has 0 radical (unpaired) electrons. The van der Waals surface area contributed by atoms with Crippen molar-refractivity contribution < 1.29 is 9.53 Å². The molecule has 1 aromatic carbocycles. The van der Waals surface area contributed by atoms with Crippen LogP contribution in [0.15, 0.2) is 36.7 Å². The summed E-state index contributed by atoms with van der Waals surface area (Å²) in [7, 11) is 0. The minimum atomic E-state index is 0.275.